The van der Waals surface area contributed by atoms with Crippen LogP contribution in [0.3, 0.4) is 0 Å². The standard InChI is InChI=1S/C26H34O7/c1-17-25(28)21(27)13-24(31-17)33-26-18(2)32-23(30-16-20-11-7-4-8-12-20)14-22(26)29-15-19-9-5-3-6-10-19/h3-12,17-18,21-28H,13-16H2,1-2H3. The molecular weight excluding hydrogens is 424 g/mol. The molecule has 2 N–H and O–H groups in total. The first-order valence-corrected chi connectivity index (χ1v) is 11.6. The molecular formula is C26H34O7. The Morgan fingerprint density at radius 1 is 0.758 bits per heavy atom. The van der Waals surface area contributed by atoms with E-state index in [0.29, 0.717) is 19.6 Å². The van der Waals surface area contributed by atoms with Gasteiger partial charge in [0.1, 0.15) is 12.2 Å². The van der Waals surface area contributed by atoms with Gasteiger partial charge in [0.2, 0.25) is 0 Å². The zero-order valence-electron chi connectivity index (χ0n) is 19.2. The summed E-state index contributed by atoms with van der Waals surface area (Å²) < 4.78 is 30.5. The van der Waals surface area contributed by atoms with Crippen LogP contribution in [0.4, 0.5) is 0 Å². The van der Waals surface area contributed by atoms with Gasteiger partial charge in [-0.05, 0) is 25.0 Å². The maximum atomic E-state index is 10.2. The third kappa shape index (κ3) is 6.61. The third-order valence-corrected chi connectivity index (χ3v) is 6.19. The van der Waals surface area contributed by atoms with Crippen LogP contribution in [-0.4, -0.2) is 59.4 Å². The largest absolute Gasteiger partial charge is 0.390 e. The Morgan fingerprint density at radius 2 is 1.33 bits per heavy atom. The summed E-state index contributed by atoms with van der Waals surface area (Å²) in [7, 11) is 0. The number of ether oxygens (including phenoxy) is 5. The first-order valence-electron chi connectivity index (χ1n) is 11.6. The Balaban J connectivity index is 1.41. The first kappa shape index (κ1) is 24.3. The molecule has 2 aliphatic heterocycles. The van der Waals surface area contributed by atoms with E-state index in [2.05, 4.69) is 0 Å². The lowest BCUT2D eigenvalue weighted by molar-refractivity contribution is -0.317. The zero-order chi connectivity index (χ0) is 23.2. The van der Waals surface area contributed by atoms with Crippen molar-refractivity contribution in [3.05, 3.63) is 71.8 Å². The lowest BCUT2D eigenvalue weighted by Crippen LogP contribution is -2.54. The number of rotatable bonds is 8. The van der Waals surface area contributed by atoms with E-state index >= 15 is 0 Å². The van der Waals surface area contributed by atoms with Crippen molar-refractivity contribution in [1.29, 1.82) is 0 Å². The molecule has 2 saturated heterocycles. The van der Waals surface area contributed by atoms with Crippen molar-refractivity contribution in [1.82, 2.24) is 0 Å². The molecule has 7 heteroatoms. The highest BCUT2D eigenvalue weighted by Crippen LogP contribution is 2.31. The van der Waals surface area contributed by atoms with E-state index < -0.39 is 37.0 Å². The highest BCUT2D eigenvalue weighted by atomic mass is 16.7. The number of hydrogen-bond donors (Lipinski definition) is 2. The highest BCUT2D eigenvalue weighted by molar-refractivity contribution is 5.14. The maximum Gasteiger partial charge on any atom is 0.161 e. The van der Waals surface area contributed by atoms with Gasteiger partial charge in [-0.2, -0.15) is 0 Å². The molecule has 0 saturated carbocycles. The Morgan fingerprint density at radius 3 is 1.94 bits per heavy atom. The van der Waals surface area contributed by atoms with Crippen molar-refractivity contribution >= 4 is 0 Å². The molecule has 0 aliphatic carbocycles. The van der Waals surface area contributed by atoms with Crippen LogP contribution in [0.1, 0.15) is 37.8 Å². The van der Waals surface area contributed by atoms with Crippen molar-refractivity contribution in [3.63, 3.8) is 0 Å². The van der Waals surface area contributed by atoms with Crippen molar-refractivity contribution < 1.29 is 33.9 Å². The molecule has 0 bridgehead atoms. The molecule has 8 unspecified atom stereocenters. The van der Waals surface area contributed by atoms with Crippen LogP contribution in [0.25, 0.3) is 0 Å². The third-order valence-electron chi connectivity index (χ3n) is 6.19. The van der Waals surface area contributed by atoms with E-state index in [4.69, 9.17) is 23.7 Å². The van der Waals surface area contributed by atoms with Crippen molar-refractivity contribution in [2.45, 2.75) is 89.1 Å². The summed E-state index contributed by atoms with van der Waals surface area (Å²) in [4.78, 5) is 0. The van der Waals surface area contributed by atoms with Gasteiger partial charge in [0.05, 0.1) is 37.6 Å². The second-order valence-corrected chi connectivity index (χ2v) is 8.80. The minimum atomic E-state index is -0.925. The molecule has 2 heterocycles. The van der Waals surface area contributed by atoms with Gasteiger partial charge in [-0.3, -0.25) is 0 Å². The smallest absolute Gasteiger partial charge is 0.161 e. The summed E-state index contributed by atoms with van der Waals surface area (Å²) in [5, 5.41) is 20.1. The van der Waals surface area contributed by atoms with Crippen molar-refractivity contribution in [3.8, 4) is 0 Å². The zero-order valence-corrected chi connectivity index (χ0v) is 19.2. The topological polar surface area (TPSA) is 86.6 Å². The van der Waals surface area contributed by atoms with Gasteiger partial charge in [-0.15, -0.1) is 0 Å². The summed E-state index contributed by atoms with van der Waals surface area (Å²) >= 11 is 0. The molecule has 0 aromatic heterocycles. The molecule has 7 nitrogen and oxygen atoms in total. The van der Waals surface area contributed by atoms with E-state index in [1.54, 1.807) is 6.92 Å². The Bertz CT molecular complexity index is 821. The van der Waals surface area contributed by atoms with E-state index in [9.17, 15) is 10.2 Å². The van der Waals surface area contributed by atoms with Crippen LogP contribution in [0, 0.1) is 0 Å². The molecule has 0 radical (unpaired) electrons. The minimum Gasteiger partial charge on any atom is -0.390 e. The van der Waals surface area contributed by atoms with E-state index in [1.165, 1.54) is 0 Å². The summed E-state index contributed by atoms with van der Waals surface area (Å²) in [6.45, 7) is 4.54. The van der Waals surface area contributed by atoms with Crippen LogP contribution in [0.2, 0.25) is 0 Å². The lowest BCUT2D eigenvalue weighted by Gasteiger charge is -2.43. The molecule has 2 aromatic carbocycles. The maximum absolute atomic E-state index is 10.2. The SMILES string of the molecule is CC1OC(OC2C(C)OC(OCc3ccccc3)CC2OCc2ccccc2)CC(O)C1O. The monoisotopic (exact) mass is 458 g/mol. The van der Waals surface area contributed by atoms with Gasteiger partial charge in [0.15, 0.2) is 12.6 Å². The number of benzene rings is 2. The molecule has 2 aromatic rings. The summed E-state index contributed by atoms with van der Waals surface area (Å²) in [6, 6.07) is 19.9. The number of aliphatic hydroxyl groups excluding tert-OH is 2. The first-order chi connectivity index (χ1) is 16.0. The van der Waals surface area contributed by atoms with Gasteiger partial charge < -0.3 is 33.9 Å². The molecule has 8 atom stereocenters. The van der Waals surface area contributed by atoms with Crippen LogP contribution in [0.15, 0.2) is 60.7 Å². The lowest BCUT2D eigenvalue weighted by atomic mass is 10.00. The van der Waals surface area contributed by atoms with E-state index in [1.807, 2.05) is 67.6 Å². The van der Waals surface area contributed by atoms with Gasteiger partial charge in [-0.25, -0.2) is 0 Å². The molecule has 33 heavy (non-hydrogen) atoms. The van der Waals surface area contributed by atoms with Crippen LogP contribution < -0.4 is 0 Å². The van der Waals surface area contributed by atoms with Gasteiger partial charge >= 0.3 is 0 Å². The molecule has 2 fully saturated rings. The Hall–Kier alpha value is -1.84. The van der Waals surface area contributed by atoms with Crippen molar-refractivity contribution in [2.24, 2.45) is 0 Å². The summed E-state index contributed by atoms with van der Waals surface area (Å²) in [5.74, 6) is 0. The number of hydrogen-bond acceptors (Lipinski definition) is 7. The quantitative estimate of drug-likeness (QED) is 0.628. The van der Waals surface area contributed by atoms with Crippen LogP contribution in [0.5, 0.6) is 0 Å². The Kier molecular flexibility index (Phi) is 8.49. The van der Waals surface area contributed by atoms with Crippen molar-refractivity contribution in [2.75, 3.05) is 0 Å². The summed E-state index contributed by atoms with van der Waals surface area (Å²) in [6.07, 6.45) is -3.76. The molecule has 0 amide bonds. The Labute approximate surface area is 195 Å². The van der Waals surface area contributed by atoms with Crippen LogP contribution >= 0.6 is 0 Å². The fourth-order valence-electron chi connectivity index (χ4n) is 4.30. The average Bonchev–Trinajstić information content (AvgIpc) is 2.83. The van der Waals surface area contributed by atoms with Gasteiger partial charge in [0.25, 0.3) is 0 Å². The summed E-state index contributed by atoms with van der Waals surface area (Å²) in [5.41, 5.74) is 2.14. The predicted molar refractivity (Wildman–Crippen MR) is 121 cm³/mol. The number of aliphatic hydroxyl groups is 2. The van der Waals surface area contributed by atoms with E-state index in [-0.39, 0.29) is 18.6 Å². The molecule has 2 aliphatic rings. The predicted octanol–water partition coefficient (Wildman–Crippen LogP) is 3.17. The molecule has 4 rings (SSSR count). The fourth-order valence-corrected chi connectivity index (χ4v) is 4.30. The van der Waals surface area contributed by atoms with Gasteiger partial charge in [-0.1, -0.05) is 60.7 Å². The van der Waals surface area contributed by atoms with Crippen LogP contribution in [-0.2, 0) is 36.9 Å². The normalized spacial score (nSPS) is 34.8. The molecule has 0 spiro atoms. The fraction of sp³-hybridized carbons (Fsp3) is 0.538. The minimum absolute atomic E-state index is 0.189. The van der Waals surface area contributed by atoms with Gasteiger partial charge in [0, 0.05) is 12.8 Å². The molecule has 180 valence electrons. The van der Waals surface area contributed by atoms with E-state index in [0.717, 1.165) is 11.1 Å². The second-order valence-electron chi connectivity index (χ2n) is 8.80. The average molecular weight is 459 g/mol. The second kappa shape index (κ2) is 11.5. The highest BCUT2D eigenvalue weighted by Gasteiger charge is 2.43.